The van der Waals surface area contributed by atoms with Gasteiger partial charge in [-0.2, -0.15) is 0 Å². The molecular weight excluding hydrogens is 188 g/mol. The molecule has 1 saturated heterocycles. The largest absolute Gasteiger partial charge is 0.481 e. The van der Waals surface area contributed by atoms with E-state index >= 15 is 0 Å². The van der Waals surface area contributed by atoms with Gasteiger partial charge in [0.2, 0.25) is 0 Å². The van der Waals surface area contributed by atoms with Gasteiger partial charge in [-0.1, -0.05) is 0 Å². The van der Waals surface area contributed by atoms with Crippen molar-refractivity contribution in [2.45, 2.75) is 31.7 Å². The second kappa shape index (κ2) is 3.65. The topological polar surface area (TPSA) is 95.5 Å². The Morgan fingerprint density at radius 3 is 2.57 bits per heavy atom. The van der Waals surface area contributed by atoms with Crippen LogP contribution in [0.2, 0.25) is 0 Å². The first-order chi connectivity index (χ1) is 6.44. The Morgan fingerprint density at radius 1 is 1.50 bits per heavy atom. The molecule has 1 heterocycles. The molecule has 6 nitrogen and oxygen atoms in total. The zero-order valence-electron chi connectivity index (χ0n) is 7.79. The normalized spacial score (nSPS) is 25.8. The summed E-state index contributed by atoms with van der Waals surface area (Å²) in [6.07, 6.45) is 0.690. The number of rotatable bonds is 4. The Balaban J connectivity index is 2.46. The zero-order valence-corrected chi connectivity index (χ0v) is 7.79. The Hall–Kier alpha value is -1.59. The van der Waals surface area contributed by atoms with Crippen molar-refractivity contribution >= 4 is 17.9 Å². The fourth-order valence-corrected chi connectivity index (χ4v) is 1.35. The summed E-state index contributed by atoms with van der Waals surface area (Å²) in [5, 5.41) is 13.0. The van der Waals surface area contributed by atoms with E-state index < -0.39 is 23.4 Å². The van der Waals surface area contributed by atoms with Crippen LogP contribution in [0.15, 0.2) is 0 Å². The van der Waals surface area contributed by atoms with Crippen molar-refractivity contribution in [1.29, 1.82) is 0 Å². The van der Waals surface area contributed by atoms with E-state index in [1.165, 1.54) is 0 Å². The fraction of sp³-hybridized carbons (Fsp3) is 0.625. The summed E-state index contributed by atoms with van der Waals surface area (Å²) in [6.45, 7) is 1.58. The third-order valence-electron chi connectivity index (χ3n) is 2.19. The lowest BCUT2D eigenvalue weighted by Crippen LogP contribution is -2.43. The average Bonchev–Trinajstić information content (AvgIpc) is 2.25. The Bertz CT molecular complexity index is 289. The number of imide groups is 1. The van der Waals surface area contributed by atoms with Crippen LogP contribution < -0.4 is 10.6 Å². The maximum atomic E-state index is 11.2. The molecule has 1 fully saturated rings. The molecule has 0 radical (unpaired) electrons. The second-order valence-corrected chi connectivity index (χ2v) is 3.49. The summed E-state index contributed by atoms with van der Waals surface area (Å²) in [5.41, 5.74) is -0.952. The van der Waals surface area contributed by atoms with Gasteiger partial charge >= 0.3 is 12.0 Å². The Kier molecular flexibility index (Phi) is 2.73. The molecule has 0 aromatic heterocycles. The van der Waals surface area contributed by atoms with Crippen LogP contribution in [0, 0.1) is 0 Å². The lowest BCUT2D eigenvalue weighted by Gasteiger charge is -2.19. The van der Waals surface area contributed by atoms with Crippen LogP contribution >= 0.6 is 0 Å². The third-order valence-corrected chi connectivity index (χ3v) is 2.19. The highest BCUT2D eigenvalue weighted by Crippen LogP contribution is 2.17. The predicted octanol–water partition coefficient (Wildman–Crippen LogP) is -0.161. The molecular formula is C8H12N2O4. The van der Waals surface area contributed by atoms with Crippen molar-refractivity contribution < 1.29 is 19.5 Å². The monoisotopic (exact) mass is 200 g/mol. The molecule has 6 heteroatoms. The fourth-order valence-electron chi connectivity index (χ4n) is 1.35. The van der Waals surface area contributed by atoms with Crippen LogP contribution in [0.25, 0.3) is 0 Å². The minimum Gasteiger partial charge on any atom is -0.481 e. The van der Waals surface area contributed by atoms with Crippen LogP contribution in [-0.4, -0.2) is 28.6 Å². The molecule has 14 heavy (non-hydrogen) atoms. The number of carboxylic acids is 1. The molecule has 1 aliphatic heterocycles. The zero-order chi connectivity index (χ0) is 10.8. The van der Waals surface area contributed by atoms with Crippen LogP contribution in [0.5, 0.6) is 0 Å². The lowest BCUT2D eigenvalue weighted by molar-refractivity contribution is -0.137. The molecule has 3 N–H and O–H groups in total. The lowest BCUT2D eigenvalue weighted by atomic mass is 9.95. The standard InChI is InChI=1S/C8H12N2O4/c1-8(4-2-3-5(11)12)6(13)9-7(14)10-8/h2-4H2,1H3,(H,11,12)(H2,9,10,13,14). The first kappa shape index (κ1) is 10.5. The third kappa shape index (κ3) is 2.21. The molecule has 0 aromatic rings. The van der Waals surface area contributed by atoms with Gasteiger partial charge in [0.25, 0.3) is 5.91 Å². The predicted molar refractivity (Wildman–Crippen MR) is 46.6 cm³/mol. The maximum absolute atomic E-state index is 11.2. The molecule has 78 valence electrons. The summed E-state index contributed by atoms with van der Waals surface area (Å²) in [7, 11) is 0. The molecule has 0 bridgehead atoms. The number of nitrogens with one attached hydrogen (secondary N) is 2. The number of hydrogen-bond acceptors (Lipinski definition) is 3. The number of carbonyl (C=O) groups is 3. The van der Waals surface area contributed by atoms with Crippen molar-refractivity contribution in [1.82, 2.24) is 10.6 Å². The summed E-state index contributed by atoms with van der Waals surface area (Å²) >= 11 is 0. The smallest absolute Gasteiger partial charge is 0.322 e. The molecule has 1 rings (SSSR count). The molecule has 0 aliphatic carbocycles. The van der Waals surface area contributed by atoms with E-state index in [0.717, 1.165) is 0 Å². The highest BCUT2D eigenvalue weighted by Gasteiger charge is 2.41. The van der Waals surface area contributed by atoms with E-state index in [9.17, 15) is 14.4 Å². The number of amides is 3. The van der Waals surface area contributed by atoms with E-state index in [4.69, 9.17) is 5.11 Å². The molecule has 0 saturated carbocycles. The van der Waals surface area contributed by atoms with Crippen LogP contribution in [0.4, 0.5) is 4.79 Å². The molecule has 0 aromatic carbocycles. The van der Waals surface area contributed by atoms with E-state index in [0.29, 0.717) is 12.8 Å². The van der Waals surface area contributed by atoms with Gasteiger partial charge in [0.15, 0.2) is 0 Å². The van der Waals surface area contributed by atoms with Crippen molar-refractivity contribution in [2.24, 2.45) is 0 Å². The minimum absolute atomic E-state index is 0.00125. The number of aliphatic carboxylic acids is 1. The average molecular weight is 200 g/mol. The molecule has 3 amide bonds. The van der Waals surface area contributed by atoms with Gasteiger partial charge in [-0.15, -0.1) is 0 Å². The Labute approximate surface area is 80.7 Å². The number of hydrogen-bond donors (Lipinski definition) is 3. The van der Waals surface area contributed by atoms with Gasteiger partial charge in [-0.3, -0.25) is 14.9 Å². The summed E-state index contributed by atoms with van der Waals surface area (Å²) in [6, 6.07) is -0.521. The van der Waals surface area contributed by atoms with Crippen molar-refractivity contribution in [3.63, 3.8) is 0 Å². The Morgan fingerprint density at radius 2 is 2.14 bits per heavy atom. The molecule has 0 spiro atoms. The summed E-state index contributed by atoms with van der Waals surface area (Å²) in [4.78, 5) is 32.3. The van der Waals surface area contributed by atoms with E-state index in [1.54, 1.807) is 6.92 Å². The second-order valence-electron chi connectivity index (χ2n) is 3.49. The summed E-state index contributed by atoms with van der Waals surface area (Å²) in [5.74, 6) is -1.30. The molecule has 1 atom stereocenters. The van der Waals surface area contributed by atoms with Crippen molar-refractivity contribution in [3.8, 4) is 0 Å². The summed E-state index contributed by atoms with van der Waals surface area (Å²) < 4.78 is 0. The SMILES string of the molecule is CC1(CCCC(=O)O)NC(=O)NC1=O. The number of carboxylic acid groups (broad SMARTS) is 1. The van der Waals surface area contributed by atoms with Crippen molar-refractivity contribution in [2.75, 3.05) is 0 Å². The maximum Gasteiger partial charge on any atom is 0.322 e. The molecule has 1 aliphatic rings. The molecule has 1 unspecified atom stereocenters. The van der Waals surface area contributed by atoms with Gasteiger partial charge in [0.05, 0.1) is 0 Å². The van der Waals surface area contributed by atoms with Crippen LogP contribution in [-0.2, 0) is 9.59 Å². The first-order valence-corrected chi connectivity index (χ1v) is 4.29. The minimum atomic E-state index is -0.952. The van der Waals surface area contributed by atoms with Crippen molar-refractivity contribution in [3.05, 3.63) is 0 Å². The van der Waals surface area contributed by atoms with Crippen LogP contribution in [0.3, 0.4) is 0 Å². The quantitative estimate of drug-likeness (QED) is 0.549. The number of carbonyl (C=O) groups excluding carboxylic acids is 2. The van der Waals surface area contributed by atoms with Gasteiger partial charge in [0, 0.05) is 6.42 Å². The van der Waals surface area contributed by atoms with Gasteiger partial charge in [-0.05, 0) is 19.8 Å². The van der Waals surface area contributed by atoms with Gasteiger partial charge in [-0.25, -0.2) is 4.79 Å². The highest BCUT2D eigenvalue weighted by atomic mass is 16.4. The highest BCUT2D eigenvalue weighted by molar-refractivity contribution is 6.06. The van der Waals surface area contributed by atoms with Crippen LogP contribution in [0.1, 0.15) is 26.2 Å². The van der Waals surface area contributed by atoms with Gasteiger partial charge < -0.3 is 10.4 Å². The van der Waals surface area contributed by atoms with E-state index in [1.807, 2.05) is 0 Å². The first-order valence-electron chi connectivity index (χ1n) is 4.29. The number of urea groups is 1. The van der Waals surface area contributed by atoms with E-state index in [-0.39, 0.29) is 6.42 Å². The van der Waals surface area contributed by atoms with E-state index in [2.05, 4.69) is 10.6 Å². The van der Waals surface area contributed by atoms with Gasteiger partial charge in [0.1, 0.15) is 5.54 Å².